The van der Waals surface area contributed by atoms with E-state index in [9.17, 15) is 4.79 Å². The molecule has 1 amide bonds. The van der Waals surface area contributed by atoms with Gasteiger partial charge in [0, 0.05) is 5.69 Å². The van der Waals surface area contributed by atoms with Crippen LogP contribution in [0.25, 0.3) is 0 Å². The monoisotopic (exact) mass is 403 g/mol. The van der Waals surface area contributed by atoms with E-state index in [1.54, 1.807) is 0 Å². The Kier molecular flexibility index (Phi) is 5.33. The van der Waals surface area contributed by atoms with Gasteiger partial charge in [-0.15, -0.1) is 0 Å². The Bertz CT molecular complexity index is 804. The van der Waals surface area contributed by atoms with E-state index in [0.29, 0.717) is 31.1 Å². The summed E-state index contributed by atoms with van der Waals surface area (Å²) in [7, 11) is 0. The number of anilines is 1. The van der Waals surface area contributed by atoms with Crippen LogP contribution < -0.4 is 14.8 Å². The average Bonchev–Trinajstić information content (AvgIpc) is 2.89. The third-order valence-electron chi connectivity index (χ3n) is 4.34. The van der Waals surface area contributed by atoms with Crippen molar-refractivity contribution in [3.8, 4) is 11.5 Å². The van der Waals surface area contributed by atoms with Crippen molar-refractivity contribution in [3.63, 3.8) is 0 Å². The number of para-hydroxylation sites is 1. The second-order valence-corrected chi connectivity index (χ2v) is 6.91. The summed E-state index contributed by atoms with van der Waals surface area (Å²) in [6.45, 7) is 7.03. The fraction of sp³-hybridized carbons (Fsp3) is 0.350. The molecule has 0 saturated heterocycles. The first-order valence-electron chi connectivity index (χ1n) is 8.53. The third kappa shape index (κ3) is 3.52. The number of carbonyl (C=O) groups excluding carboxylic acids is 1. The summed E-state index contributed by atoms with van der Waals surface area (Å²) in [4.78, 5) is 12.5. The maximum atomic E-state index is 12.5. The summed E-state index contributed by atoms with van der Waals surface area (Å²) >= 11 is 3.57. The van der Waals surface area contributed by atoms with Crippen LogP contribution in [0.4, 0.5) is 5.69 Å². The molecule has 0 aliphatic carbocycles. The number of halogens is 1. The second-order valence-electron chi connectivity index (χ2n) is 6.06. The van der Waals surface area contributed by atoms with E-state index in [2.05, 4.69) is 21.2 Å². The van der Waals surface area contributed by atoms with Crippen LogP contribution >= 0.6 is 15.9 Å². The highest BCUT2D eigenvalue weighted by Crippen LogP contribution is 2.41. The van der Waals surface area contributed by atoms with Gasteiger partial charge in [0.1, 0.15) is 0 Å². The fourth-order valence-electron chi connectivity index (χ4n) is 3.23. The van der Waals surface area contributed by atoms with Crippen LogP contribution in [-0.2, 0) is 11.2 Å². The number of fused-ring (bicyclic) bond motifs is 1. The van der Waals surface area contributed by atoms with E-state index >= 15 is 0 Å². The van der Waals surface area contributed by atoms with Crippen LogP contribution in [0.15, 0.2) is 34.8 Å². The highest BCUT2D eigenvalue weighted by Gasteiger charge is 2.31. The first kappa shape index (κ1) is 17.8. The number of carbonyl (C=O) groups is 1. The van der Waals surface area contributed by atoms with Crippen molar-refractivity contribution < 1.29 is 14.3 Å². The highest BCUT2D eigenvalue weighted by molar-refractivity contribution is 9.10. The second kappa shape index (κ2) is 7.48. The Morgan fingerprint density at radius 2 is 1.92 bits per heavy atom. The van der Waals surface area contributed by atoms with Crippen LogP contribution in [0.3, 0.4) is 0 Å². The molecule has 3 rings (SSSR count). The molecule has 0 fully saturated rings. The Labute approximate surface area is 156 Å². The molecule has 0 radical (unpaired) electrons. The average molecular weight is 404 g/mol. The SMILES string of the molecule is CCOc1cc(CC2C(=O)Nc3c(C)cccc32)cc(Br)c1OCC. The zero-order chi connectivity index (χ0) is 18.0. The van der Waals surface area contributed by atoms with Crippen LogP contribution in [-0.4, -0.2) is 19.1 Å². The van der Waals surface area contributed by atoms with Gasteiger partial charge in [-0.2, -0.15) is 0 Å². The summed E-state index contributed by atoms with van der Waals surface area (Å²) in [6.07, 6.45) is 0.618. The van der Waals surface area contributed by atoms with Gasteiger partial charge in [-0.3, -0.25) is 4.79 Å². The Morgan fingerprint density at radius 1 is 1.16 bits per heavy atom. The van der Waals surface area contributed by atoms with Gasteiger partial charge in [-0.25, -0.2) is 0 Å². The minimum atomic E-state index is -0.186. The quantitative estimate of drug-likeness (QED) is 0.750. The van der Waals surface area contributed by atoms with Gasteiger partial charge in [0.25, 0.3) is 0 Å². The first-order chi connectivity index (χ1) is 12.0. The Morgan fingerprint density at radius 3 is 2.64 bits per heavy atom. The molecule has 1 heterocycles. The van der Waals surface area contributed by atoms with Gasteiger partial charge in [0.2, 0.25) is 5.91 Å². The molecule has 25 heavy (non-hydrogen) atoms. The zero-order valence-electron chi connectivity index (χ0n) is 14.7. The van der Waals surface area contributed by atoms with E-state index < -0.39 is 0 Å². The van der Waals surface area contributed by atoms with Crippen molar-refractivity contribution in [1.82, 2.24) is 0 Å². The van der Waals surface area contributed by atoms with Crippen molar-refractivity contribution in [2.45, 2.75) is 33.1 Å². The molecular formula is C20H22BrNO3. The lowest BCUT2D eigenvalue weighted by molar-refractivity contribution is -0.117. The summed E-state index contributed by atoms with van der Waals surface area (Å²) in [5.74, 6) is 1.28. The largest absolute Gasteiger partial charge is 0.490 e. The number of benzene rings is 2. The minimum Gasteiger partial charge on any atom is -0.490 e. The van der Waals surface area contributed by atoms with Crippen molar-refractivity contribution in [1.29, 1.82) is 0 Å². The fourth-order valence-corrected chi connectivity index (χ4v) is 3.83. The van der Waals surface area contributed by atoms with Gasteiger partial charge in [-0.1, -0.05) is 18.2 Å². The number of aryl methyl sites for hydroxylation is 1. The maximum Gasteiger partial charge on any atom is 0.232 e. The lowest BCUT2D eigenvalue weighted by Crippen LogP contribution is -2.14. The number of amides is 1. The van der Waals surface area contributed by atoms with Gasteiger partial charge in [0.15, 0.2) is 11.5 Å². The topological polar surface area (TPSA) is 47.6 Å². The molecule has 1 aliphatic heterocycles. The molecule has 2 aromatic carbocycles. The predicted octanol–water partition coefficient (Wildman–Crippen LogP) is 4.83. The molecule has 1 unspecified atom stereocenters. The molecular weight excluding hydrogens is 382 g/mol. The van der Waals surface area contributed by atoms with Crippen LogP contribution in [0, 0.1) is 6.92 Å². The smallest absolute Gasteiger partial charge is 0.232 e. The van der Waals surface area contributed by atoms with Gasteiger partial charge in [0.05, 0.1) is 23.6 Å². The predicted molar refractivity (Wildman–Crippen MR) is 103 cm³/mol. The summed E-state index contributed by atoms with van der Waals surface area (Å²) in [6, 6.07) is 10.0. The Hall–Kier alpha value is -2.01. The first-order valence-corrected chi connectivity index (χ1v) is 9.32. The van der Waals surface area contributed by atoms with Gasteiger partial charge >= 0.3 is 0 Å². The van der Waals surface area contributed by atoms with E-state index in [1.165, 1.54) is 0 Å². The van der Waals surface area contributed by atoms with Crippen molar-refractivity contribution >= 4 is 27.5 Å². The molecule has 0 saturated carbocycles. The van der Waals surface area contributed by atoms with Crippen LogP contribution in [0.5, 0.6) is 11.5 Å². The molecule has 0 aromatic heterocycles. The molecule has 1 aliphatic rings. The van der Waals surface area contributed by atoms with E-state index in [-0.39, 0.29) is 11.8 Å². The molecule has 0 spiro atoms. The number of rotatable bonds is 6. The van der Waals surface area contributed by atoms with Gasteiger partial charge in [-0.05, 0) is 71.9 Å². The van der Waals surface area contributed by atoms with E-state index in [4.69, 9.17) is 9.47 Å². The van der Waals surface area contributed by atoms with Gasteiger partial charge < -0.3 is 14.8 Å². The number of nitrogens with one attached hydrogen (secondary N) is 1. The molecule has 132 valence electrons. The van der Waals surface area contributed by atoms with Crippen molar-refractivity contribution in [2.24, 2.45) is 0 Å². The molecule has 5 heteroatoms. The standard InChI is InChI=1S/C20H22BrNO3/c1-4-24-17-11-13(10-16(21)19(17)25-5-2)9-15-14-8-6-7-12(3)18(14)22-20(15)23/h6-8,10-11,15H,4-5,9H2,1-3H3,(H,22,23). The van der Waals surface area contributed by atoms with Crippen LogP contribution in [0.2, 0.25) is 0 Å². The van der Waals surface area contributed by atoms with Crippen molar-refractivity contribution in [2.75, 3.05) is 18.5 Å². The maximum absolute atomic E-state index is 12.5. The molecule has 1 atom stereocenters. The number of hydrogen-bond acceptors (Lipinski definition) is 3. The Balaban J connectivity index is 1.94. The lowest BCUT2D eigenvalue weighted by Gasteiger charge is -2.16. The summed E-state index contributed by atoms with van der Waals surface area (Å²) in [5.41, 5.74) is 4.14. The third-order valence-corrected chi connectivity index (χ3v) is 4.93. The minimum absolute atomic E-state index is 0.0484. The molecule has 4 nitrogen and oxygen atoms in total. The van der Waals surface area contributed by atoms with Crippen LogP contribution in [0.1, 0.15) is 36.5 Å². The van der Waals surface area contributed by atoms with Crippen molar-refractivity contribution in [3.05, 3.63) is 51.5 Å². The van der Waals surface area contributed by atoms with E-state index in [0.717, 1.165) is 26.9 Å². The molecule has 2 aromatic rings. The van der Waals surface area contributed by atoms with E-state index in [1.807, 2.05) is 51.1 Å². The summed E-state index contributed by atoms with van der Waals surface area (Å²) < 4.78 is 12.3. The summed E-state index contributed by atoms with van der Waals surface area (Å²) in [5, 5.41) is 3.02. The molecule has 1 N–H and O–H groups in total. The molecule has 0 bridgehead atoms. The normalized spacial score (nSPS) is 15.7. The number of ether oxygens (including phenoxy) is 2. The highest BCUT2D eigenvalue weighted by atomic mass is 79.9. The zero-order valence-corrected chi connectivity index (χ0v) is 16.3. The lowest BCUT2D eigenvalue weighted by atomic mass is 9.92. The number of hydrogen-bond donors (Lipinski definition) is 1.